The first-order valence-electron chi connectivity index (χ1n) is 7.41. The van der Waals surface area contributed by atoms with E-state index in [-0.39, 0.29) is 5.78 Å². The molecule has 0 aliphatic rings. The Morgan fingerprint density at radius 3 is 2.61 bits per heavy atom. The molecule has 0 spiro atoms. The van der Waals surface area contributed by atoms with Crippen molar-refractivity contribution in [2.45, 2.75) is 18.4 Å². The molecule has 0 aliphatic heterocycles. The average Bonchev–Trinajstić information content (AvgIpc) is 2.98. The van der Waals surface area contributed by atoms with Crippen molar-refractivity contribution in [2.24, 2.45) is 0 Å². The summed E-state index contributed by atoms with van der Waals surface area (Å²) in [6, 6.07) is 11.2. The molecule has 118 valence electrons. The van der Waals surface area contributed by atoms with Crippen LogP contribution in [0.4, 0.5) is 0 Å². The minimum atomic E-state index is -0.0336. The summed E-state index contributed by atoms with van der Waals surface area (Å²) in [5.41, 5.74) is 3.26. The predicted molar refractivity (Wildman–Crippen MR) is 92.8 cm³/mol. The number of thioether (sulfide) groups is 1. The van der Waals surface area contributed by atoms with Crippen molar-refractivity contribution in [1.82, 2.24) is 9.38 Å². The minimum absolute atomic E-state index is 0.0336. The highest BCUT2D eigenvalue weighted by molar-refractivity contribution is 7.98. The average molecular weight is 326 g/mol. The van der Waals surface area contributed by atoms with Crippen LogP contribution < -0.4 is 4.74 Å². The summed E-state index contributed by atoms with van der Waals surface area (Å²) in [6.45, 7) is 2.10. The van der Waals surface area contributed by atoms with Gasteiger partial charge < -0.3 is 4.74 Å². The third kappa shape index (κ3) is 2.84. The zero-order valence-corrected chi connectivity index (χ0v) is 14.2. The Morgan fingerprint density at radius 1 is 1.26 bits per heavy atom. The molecule has 0 saturated heterocycles. The molecule has 0 atom stereocenters. The number of carbonyl (C=O) groups is 1. The van der Waals surface area contributed by atoms with E-state index >= 15 is 0 Å². The molecule has 0 bridgehead atoms. The number of nitrogens with zero attached hydrogens (tertiary/aromatic N) is 2. The Bertz CT molecular complexity index is 853. The molecule has 23 heavy (non-hydrogen) atoms. The molecule has 3 rings (SSSR count). The second-order valence-electron chi connectivity index (χ2n) is 5.14. The van der Waals surface area contributed by atoms with Crippen molar-refractivity contribution in [3.05, 3.63) is 59.4 Å². The Hall–Kier alpha value is -2.27. The van der Waals surface area contributed by atoms with Crippen molar-refractivity contribution in [1.29, 1.82) is 0 Å². The fourth-order valence-corrected chi connectivity index (χ4v) is 3.08. The van der Waals surface area contributed by atoms with E-state index in [1.54, 1.807) is 31.4 Å². The molecule has 0 aliphatic carbocycles. The van der Waals surface area contributed by atoms with Crippen molar-refractivity contribution in [3.8, 4) is 5.75 Å². The fraction of sp³-hybridized carbons (Fsp3) is 0.222. The summed E-state index contributed by atoms with van der Waals surface area (Å²) in [7, 11) is 1.61. The molecule has 2 heterocycles. The molecular formula is C18H18N2O2S. The van der Waals surface area contributed by atoms with Crippen LogP contribution in [0.2, 0.25) is 0 Å². The highest BCUT2D eigenvalue weighted by atomic mass is 32.2. The smallest absolute Gasteiger partial charge is 0.212 e. The summed E-state index contributed by atoms with van der Waals surface area (Å²) in [5, 5.41) is 0.749. The Labute approximate surface area is 139 Å². The lowest BCUT2D eigenvalue weighted by molar-refractivity contribution is 0.103. The van der Waals surface area contributed by atoms with Gasteiger partial charge in [-0.25, -0.2) is 4.98 Å². The molecule has 4 nitrogen and oxygen atoms in total. The van der Waals surface area contributed by atoms with Gasteiger partial charge in [0, 0.05) is 11.8 Å². The van der Waals surface area contributed by atoms with Gasteiger partial charge in [0.05, 0.1) is 7.11 Å². The summed E-state index contributed by atoms with van der Waals surface area (Å²) >= 11 is 1.49. The van der Waals surface area contributed by atoms with Gasteiger partial charge in [-0.15, -0.1) is 11.8 Å². The Morgan fingerprint density at radius 2 is 2.00 bits per heavy atom. The van der Waals surface area contributed by atoms with E-state index in [9.17, 15) is 4.79 Å². The number of imidazole rings is 1. The number of aryl methyl sites for hydroxylation is 1. The molecule has 1 aromatic carbocycles. The number of hydrogen-bond acceptors (Lipinski definition) is 4. The largest absolute Gasteiger partial charge is 0.497 e. The van der Waals surface area contributed by atoms with Gasteiger partial charge in [-0.05, 0) is 54.6 Å². The Balaban J connectivity index is 2.11. The van der Waals surface area contributed by atoms with Crippen molar-refractivity contribution in [2.75, 3.05) is 13.4 Å². The van der Waals surface area contributed by atoms with Crippen molar-refractivity contribution in [3.63, 3.8) is 0 Å². The topological polar surface area (TPSA) is 43.6 Å². The van der Waals surface area contributed by atoms with E-state index in [4.69, 9.17) is 4.74 Å². The number of rotatable bonds is 5. The number of fused-ring (bicyclic) bond motifs is 1. The van der Waals surface area contributed by atoms with Gasteiger partial charge in [-0.2, -0.15) is 0 Å². The van der Waals surface area contributed by atoms with Gasteiger partial charge in [0.2, 0.25) is 5.78 Å². The number of pyridine rings is 1. The van der Waals surface area contributed by atoms with E-state index < -0.39 is 0 Å². The van der Waals surface area contributed by atoms with Crippen LogP contribution in [0.5, 0.6) is 5.75 Å². The molecule has 5 heteroatoms. The number of hydrogen-bond donors (Lipinski definition) is 0. The van der Waals surface area contributed by atoms with E-state index in [0.717, 1.165) is 22.8 Å². The zero-order chi connectivity index (χ0) is 16.4. The third-order valence-electron chi connectivity index (χ3n) is 3.83. The maximum atomic E-state index is 12.9. The van der Waals surface area contributed by atoms with Crippen LogP contribution in [0.3, 0.4) is 0 Å². The number of benzene rings is 1. The maximum absolute atomic E-state index is 12.9. The van der Waals surface area contributed by atoms with Crippen LogP contribution >= 0.6 is 11.8 Å². The minimum Gasteiger partial charge on any atom is -0.497 e. The van der Waals surface area contributed by atoms with Crippen LogP contribution in [0.25, 0.3) is 5.65 Å². The monoisotopic (exact) mass is 326 g/mol. The van der Waals surface area contributed by atoms with Gasteiger partial charge in [0.1, 0.15) is 22.1 Å². The summed E-state index contributed by atoms with van der Waals surface area (Å²) in [4.78, 5) is 17.5. The molecule has 0 saturated carbocycles. The van der Waals surface area contributed by atoms with Gasteiger partial charge in [0.15, 0.2) is 0 Å². The number of aromatic nitrogens is 2. The second-order valence-corrected chi connectivity index (χ2v) is 5.94. The van der Waals surface area contributed by atoms with Crippen molar-refractivity contribution >= 4 is 23.2 Å². The van der Waals surface area contributed by atoms with Crippen LogP contribution in [0, 0.1) is 0 Å². The van der Waals surface area contributed by atoms with Gasteiger partial charge in [-0.3, -0.25) is 9.20 Å². The van der Waals surface area contributed by atoms with Gasteiger partial charge in [-0.1, -0.05) is 6.92 Å². The molecule has 3 aromatic rings. The zero-order valence-electron chi connectivity index (χ0n) is 13.4. The standard InChI is InChI=1S/C18H18N2O2S/c1-4-12-9-10-20-15(11-12)19-18(23-3)16(20)17(21)13-5-7-14(22-2)8-6-13/h5-11H,4H2,1-3H3. The lowest BCUT2D eigenvalue weighted by atomic mass is 10.1. The molecular weight excluding hydrogens is 308 g/mol. The summed E-state index contributed by atoms with van der Waals surface area (Å²) < 4.78 is 7.02. The van der Waals surface area contributed by atoms with Gasteiger partial charge >= 0.3 is 0 Å². The highest BCUT2D eigenvalue weighted by Gasteiger charge is 2.20. The lowest BCUT2D eigenvalue weighted by Gasteiger charge is -2.05. The van der Waals surface area contributed by atoms with E-state index in [1.807, 2.05) is 29.0 Å². The van der Waals surface area contributed by atoms with Crippen LogP contribution in [-0.4, -0.2) is 28.5 Å². The number of ether oxygens (including phenoxy) is 1. The molecule has 2 aromatic heterocycles. The van der Waals surface area contributed by atoms with Crippen LogP contribution in [0.1, 0.15) is 28.5 Å². The number of ketones is 1. The molecule has 0 fully saturated rings. The second kappa shape index (κ2) is 6.46. The first-order chi connectivity index (χ1) is 11.2. The first-order valence-corrected chi connectivity index (χ1v) is 8.64. The number of carbonyl (C=O) groups excluding carboxylic acids is 1. The Kier molecular flexibility index (Phi) is 4.39. The van der Waals surface area contributed by atoms with E-state index in [1.165, 1.54) is 17.3 Å². The quantitative estimate of drug-likeness (QED) is 0.527. The van der Waals surface area contributed by atoms with E-state index in [0.29, 0.717) is 11.3 Å². The lowest BCUT2D eigenvalue weighted by Crippen LogP contribution is -2.06. The molecule has 0 radical (unpaired) electrons. The summed E-state index contributed by atoms with van der Waals surface area (Å²) in [5.74, 6) is 0.700. The summed E-state index contributed by atoms with van der Waals surface area (Å²) in [6.07, 6.45) is 4.81. The highest BCUT2D eigenvalue weighted by Crippen LogP contribution is 2.25. The maximum Gasteiger partial charge on any atom is 0.212 e. The van der Waals surface area contributed by atoms with Gasteiger partial charge in [0.25, 0.3) is 0 Å². The first kappa shape index (κ1) is 15.6. The fourth-order valence-electron chi connectivity index (χ4n) is 2.51. The third-order valence-corrected chi connectivity index (χ3v) is 4.50. The normalized spacial score (nSPS) is 10.9. The van der Waals surface area contributed by atoms with E-state index in [2.05, 4.69) is 11.9 Å². The molecule has 0 N–H and O–H groups in total. The molecule has 0 unspecified atom stereocenters. The number of methoxy groups -OCH3 is 1. The van der Waals surface area contributed by atoms with Crippen LogP contribution in [0.15, 0.2) is 47.6 Å². The van der Waals surface area contributed by atoms with Crippen molar-refractivity contribution < 1.29 is 9.53 Å². The van der Waals surface area contributed by atoms with Crippen LogP contribution in [-0.2, 0) is 6.42 Å². The molecule has 0 amide bonds. The predicted octanol–water partition coefficient (Wildman–Crippen LogP) is 3.86. The SMILES string of the molecule is CCc1ccn2c(C(=O)c3ccc(OC)cc3)c(SC)nc2c1.